The number of carbonyl (C=O) groups excluding carboxylic acids is 1. The van der Waals surface area contributed by atoms with Crippen LogP contribution in [-0.4, -0.2) is 48.3 Å². The Labute approximate surface area is 142 Å². The Morgan fingerprint density at radius 2 is 2.17 bits per heavy atom. The van der Waals surface area contributed by atoms with Crippen LogP contribution in [0.2, 0.25) is 0 Å². The Hall–Kier alpha value is -2.08. The fourth-order valence-electron chi connectivity index (χ4n) is 3.34. The van der Waals surface area contributed by atoms with Gasteiger partial charge >= 0.3 is 0 Å². The molecule has 1 saturated heterocycles. The Balaban J connectivity index is 1.68. The minimum Gasteiger partial charge on any atom is -0.361 e. The van der Waals surface area contributed by atoms with Gasteiger partial charge in [-0.25, -0.2) is 8.42 Å². The third kappa shape index (κ3) is 3.53. The van der Waals surface area contributed by atoms with E-state index in [9.17, 15) is 13.2 Å². The van der Waals surface area contributed by atoms with Gasteiger partial charge in [-0.05, 0) is 24.5 Å². The number of aromatic nitrogens is 1. The van der Waals surface area contributed by atoms with Gasteiger partial charge in [0.2, 0.25) is 5.91 Å². The highest BCUT2D eigenvalue weighted by molar-refractivity contribution is 7.91. The van der Waals surface area contributed by atoms with E-state index in [1.54, 1.807) is 11.0 Å². The summed E-state index contributed by atoms with van der Waals surface area (Å²) in [7, 11) is -3.01. The molecule has 0 unspecified atom stereocenters. The van der Waals surface area contributed by atoms with Gasteiger partial charge in [-0.15, -0.1) is 6.58 Å². The van der Waals surface area contributed by atoms with Crippen LogP contribution in [0.1, 0.15) is 18.4 Å². The summed E-state index contributed by atoms with van der Waals surface area (Å²) in [5.74, 6) is 0.225. The number of carbonyl (C=O) groups is 1. The summed E-state index contributed by atoms with van der Waals surface area (Å²) in [6.45, 7) is 4.09. The van der Waals surface area contributed by atoms with Crippen LogP contribution in [0.3, 0.4) is 0 Å². The van der Waals surface area contributed by atoms with E-state index < -0.39 is 9.84 Å². The number of fused-ring (bicyclic) bond motifs is 1. The first-order chi connectivity index (χ1) is 11.5. The molecule has 2 aromatic rings. The molecule has 1 aromatic carbocycles. The standard InChI is InChI=1S/C18H22N2O3S/c1-2-10-20(15-9-11-24(22,23)13-15)18(21)8-7-14-12-19-17-6-4-3-5-16(14)17/h2-6,12,15,19H,1,7-11,13H2/t15-/m1/s1. The van der Waals surface area contributed by atoms with Crippen molar-refractivity contribution in [3.05, 3.63) is 48.7 Å². The fraction of sp³-hybridized carbons (Fsp3) is 0.389. The summed E-state index contributed by atoms with van der Waals surface area (Å²) in [6, 6.07) is 7.78. The number of hydrogen-bond donors (Lipinski definition) is 1. The van der Waals surface area contributed by atoms with Gasteiger partial charge in [0.1, 0.15) is 0 Å². The molecule has 24 heavy (non-hydrogen) atoms. The van der Waals surface area contributed by atoms with Crippen LogP contribution in [0.15, 0.2) is 43.1 Å². The second-order valence-corrected chi connectivity index (χ2v) is 8.48. The second-order valence-electron chi connectivity index (χ2n) is 6.25. The van der Waals surface area contributed by atoms with Crippen LogP contribution in [-0.2, 0) is 21.1 Å². The molecule has 2 heterocycles. The minimum atomic E-state index is -3.01. The first-order valence-corrected chi connectivity index (χ1v) is 9.98. The summed E-state index contributed by atoms with van der Waals surface area (Å²) in [5.41, 5.74) is 2.17. The number of nitrogens with zero attached hydrogens (tertiary/aromatic N) is 1. The lowest BCUT2D eigenvalue weighted by Crippen LogP contribution is -2.41. The first kappa shape index (κ1) is 16.8. The predicted octanol–water partition coefficient (Wildman–Crippen LogP) is 2.30. The molecule has 0 saturated carbocycles. The van der Waals surface area contributed by atoms with Crippen molar-refractivity contribution in [2.45, 2.75) is 25.3 Å². The first-order valence-electron chi connectivity index (χ1n) is 8.16. The molecule has 1 aromatic heterocycles. The molecule has 1 amide bonds. The smallest absolute Gasteiger partial charge is 0.223 e. The maximum absolute atomic E-state index is 12.6. The lowest BCUT2D eigenvalue weighted by Gasteiger charge is -2.27. The molecule has 0 bridgehead atoms. The zero-order valence-corrected chi connectivity index (χ0v) is 14.4. The third-order valence-corrected chi connectivity index (χ3v) is 6.33. The lowest BCUT2D eigenvalue weighted by molar-refractivity contribution is -0.132. The van der Waals surface area contributed by atoms with Crippen molar-refractivity contribution in [2.75, 3.05) is 18.1 Å². The number of sulfone groups is 1. The highest BCUT2D eigenvalue weighted by Crippen LogP contribution is 2.22. The molecule has 0 radical (unpaired) electrons. The van der Waals surface area contributed by atoms with Gasteiger partial charge in [-0.2, -0.15) is 0 Å². The summed E-state index contributed by atoms with van der Waals surface area (Å²) in [5, 5.41) is 1.13. The fourth-order valence-corrected chi connectivity index (χ4v) is 5.07. The van der Waals surface area contributed by atoms with Crippen molar-refractivity contribution in [1.82, 2.24) is 9.88 Å². The highest BCUT2D eigenvalue weighted by atomic mass is 32.2. The van der Waals surface area contributed by atoms with Crippen molar-refractivity contribution in [2.24, 2.45) is 0 Å². The molecular formula is C18H22N2O3S. The molecule has 0 spiro atoms. The van der Waals surface area contributed by atoms with Crippen molar-refractivity contribution < 1.29 is 13.2 Å². The van der Waals surface area contributed by atoms with Gasteiger partial charge in [-0.3, -0.25) is 4.79 Å². The van der Waals surface area contributed by atoms with E-state index in [1.165, 1.54) is 0 Å². The number of aryl methyl sites for hydroxylation is 1. The Bertz CT molecular complexity index is 854. The van der Waals surface area contributed by atoms with Crippen molar-refractivity contribution in [3.63, 3.8) is 0 Å². The number of para-hydroxylation sites is 1. The van der Waals surface area contributed by atoms with Gasteiger partial charge in [0.15, 0.2) is 9.84 Å². The van der Waals surface area contributed by atoms with E-state index in [-0.39, 0.29) is 23.5 Å². The summed E-state index contributed by atoms with van der Waals surface area (Å²) < 4.78 is 23.4. The SMILES string of the molecule is C=CCN(C(=O)CCc1c[nH]c2ccccc12)[C@@H]1CCS(=O)(=O)C1. The second kappa shape index (κ2) is 6.81. The molecule has 6 heteroatoms. The van der Waals surface area contributed by atoms with E-state index in [1.807, 2.05) is 30.5 Å². The van der Waals surface area contributed by atoms with E-state index in [4.69, 9.17) is 0 Å². The Morgan fingerprint density at radius 1 is 1.38 bits per heavy atom. The van der Waals surface area contributed by atoms with Crippen molar-refractivity contribution in [3.8, 4) is 0 Å². The molecule has 3 rings (SSSR count). The van der Waals surface area contributed by atoms with Crippen molar-refractivity contribution in [1.29, 1.82) is 0 Å². The molecule has 1 atom stereocenters. The Kier molecular flexibility index (Phi) is 4.76. The average molecular weight is 346 g/mol. The number of H-pyrrole nitrogens is 1. The summed E-state index contributed by atoms with van der Waals surface area (Å²) >= 11 is 0. The van der Waals surface area contributed by atoms with Crippen LogP contribution in [0.4, 0.5) is 0 Å². The van der Waals surface area contributed by atoms with E-state index in [0.717, 1.165) is 16.5 Å². The van der Waals surface area contributed by atoms with E-state index in [2.05, 4.69) is 11.6 Å². The molecule has 1 aliphatic rings. The molecule has 5 nitrogen and oxygen atoms in total. The van der Waals surface area contributed by atoms with E-state index >= 15 is 0 Å². The number of aromatic amines is 1. The predicted molar refractivity (Wildman–Crippen MR) is 95.6 cm³/mol. The largest absolute Gasteiger partial charge is 0.361 e. The number of nitrogens with one attached hydrogen (secondary N) is 1. The maximum atomic E-state index is 12.6. The van der Waals surface area contributed by atoms with Gasteiger partial charge < -0.3 is 9.88 Å². The molecule has 0 aliphatic carbocycles. The van der Waals surface area contributed by atoms with E-state index in [0.29, 0.717) is 25.8 Å². The normalized spacial score (nSPS) is 19.4. The third-order valence-electron chi connectivity index (χ3n) is 4.58. The minimum absolute atomic E-state index is 0.0118. The van der Waals surface area contributed by atoms with Crippen LogP contribution in [0, 0.1) is 0 Å². The number of benzene rings is 1. The number of hydrogen-bond acceptors (Lipinski definition) is 3. The number of rotatable bonds is 6. The maximum Gasteiger partial charge on any atom is 0.223 e. The van der Waals surface area contributed by atoms with Gasteiger partial charge in [0, 0.05) is 36.1 Å². The molecular weight excluding hydrogens is 324 g/mol. The number of amides is 1. The highest BCUT2D eigenvalue weighted by Gasteiger charge is 2.33. The lowest BCUT2D eigenvalue weighted by atomic mass is 10.1. The zero-order chi connectivity index (χ0) is 17.2. The molecule has 1 N–H and O–H groups in total. The van der Waals surface area contributed by atoms with Crippen molar-refractivity contribution >= 4 is 26.6 Å². The van der Waals surface area contributed by atoms with Gasteiger partial charge in [0.05, 0.1) is 11.5 Å². The zero-order valence-electron chi connectivity index (χ0n) is 13.6. The van der Waals surface area contributed by atoms with Crippen LogP contribution < -0.4 is 0 Å². The monoisotopic (exact) mass is 346 g/mol. The van der Waals surface area contributed by atoms with Gasteiger partial charge in [-0.1, -0.05) is 24.3 Å². The van der Waals surface area contributed by atoms with Gasteiger partial charge in [0.25, 0.3) is 0 Å². The molecule has 128 valence electrons. The topological polar surface area (TPSA) is 70.2 Å². The van der Waals surface area contributed by atoms with Crippen LogP contribution in [0.5, 0.6) is 0 Å². The molecule has 1 fully saturated rings. The summed E-state index contributed by atoms with van der Waals surface area (Å²) in [4.78, 5) is 17.5. The molecule has 1 aliphatic heterocycles. The summed E-state index contributed by atoms with van der Waals surface area (Å²) in [6.07, 6.45) is 5.13. The Morgan fingerprint density at radius 3 is 2.88 bits per heavy atom. The quantitative estimate of drug-likeness (QED) is 0.816. The van der Waals surface area contributed by atoms with Crippen LogP contribution in [0.25, 0.3) is 10.9 Å². The average Bonchev–Trinajstić information content (AvgIpc) is 3.13. The van der Waals surface area contributed by atoms with Crippen LogP contribution >= 0.6 is 0 Å².